The van der Waals surface area contributed by atoms with E-state index < -0.39 is 22.6 Å². The van der Waals surface area contributed by atoms with E-state index in [1.807, 2.05) is 12.1 Å². The quantitative estimate of drug-likeness (QED) is 0.168. The first kappa shape index (κ1) is 52.7. The Kier molecular flexibility index (Phi) is 18.7. The van der Waals surface area contributed by atoms with E-state index in [0.29, 0.717) is 74.2 Å². The zero-order chi connectivity index (χ0) is 47.3. The van der Waals surface area contributed by atoms with Crippen LogP contribution in [0.5, 0.6) is 0 Å². The molecule has 4 aliphatic rings. The van der Waals surface area contributed by atoms with E-state index in [1.165, 1.54) is 32.1 Å². The molecule has 0 spiro atoms. The highest BCUT2D eigenvalue weighted by molar-refractivity contribution is 6.78. The van der Waals surface area contributed by atoms with Crippen LogP contribution in [0.25, 0.3) is 11.1 Å². The van der Waals surface area contributed by atoms with E-state index >= 15 is 0 Å². The highest BCUT2D eigenvalue weighted by Gasteiger charge is 2.50. The number of halogens is 2. The summed E-state index contributed by atoms with van der Waals surface area (Å²) in [5, 5.41) is 10.2. The summed E-state index contributed by atoms with van der Waals surface area (Å²) >= 11 is 13.4. The minimum atomic E-state index is -1.91. The highest BCUT2D eigenvalue weighted by atomic mass is 35.5. The number of aromatic carboxylic acids is 1. The number of carboxylic acid groups (broad SMARTS) is 1. The van der Waals surface area contributed by atoms with Crippen LogP contribution in [0.4, 0.5) is 0 Å². The molecule has 2 aromatic carbocycles. The number of carboxylic acids is 1. The third-order valence-corrected chi connectivity index (χ3v) is 28.8. The molecule has 0 radical (unpaired) electrons. The molecule has 2 heterocycles. The molecule has 1 N–H and O–H groups in total. The number of carbonyl (C=O) groups excluding carboxylic acids is 2. The van der Waals surface area contributed by atoms with Crippen LogP contribution in [-0.2, 0) is 24.9 Å². The fraction of sp³-hybridized carbons (Fsp3) is 0.712. The lowest BCUT2D eigenvalue weighted by Crippen LogP contribution is -2.51. The highest BCUT2D eigenvalue weighted by Crippen LogP contribution is 2.46. The second kappa shape index (κ2) is 22.7. The third-order valence-electron chi connectivity index (χ3n) is 15.8. The van der Waals surface area contributed by atoms with Crippen LogP contribution < -0.4 is 0 Å². The Morgan fingerprint density at radius 2 is 1.11 bits per heavy atom. The van der Waals surface area contributed by atoms with Gasteiger partial charge in [-0.15, -0.1) is 0 Å². The van der Waals surface area contributed by atoms with Gasteiger partial charge >= 0.3 is 5.97 Å². The van der Waals surface area contributed by atoms with Crippen molar-refractivity contribution in [2.45, 2.75) is 218 Å². The molecule has 4 fully saturated rings. The van der Waals surface area contributed by atoms with E-state index in [1.54, 1.807) is 24.3 Å². The maximum atomic E-state index is 13.6. The molecule has 2 atom stereocenters. The van der Waals surface area contributed by atoms with Crippen molar-refractivity contribution in [3.05, 3.63) is 57.6 Å². The Labute approximate surface area is 399 Å². The van der Waals surface area contributed by atoms with Crippen molar-refractivity contribution in [1.82, 2.24) is 9.80 Å². The van der Waals surface area contributed by atoms with E-state index in [9.17, 15) is 14.4 Å². The molecule has 2 aliphatic heterocycles. The number of likely N-dealkylation sites (tertiary alicyclic amines) is 2. The van der Waals surface area contributed by atoms with Crippen molar-refractivity contribution < 1.29 is 28.3 Å². The molecule has 358 valence electrons. The van der Waals surface area contributed by atoms with Crippen LogP contribution in [-0.4, -0.2) is 86.7 Å². The number of hydrogen-bond donors (Lipinski definition) is 1. The van der Waals surface area contributed by atoms with E-state index in [4.69, 9.17) is 37.2 Å². The molecule has 0 aromatic heterocycles. The van der Waals surface area contributed by atoms with Gasteiger partial charge in [-0.2, -0.15) is 0 Å². The number of rotatable bonds is 16. The maximum Gasteiger partial charge on any atom is 0.335 e. The van der Waals surface area contributed by atoms with Crippen LogP contribution in [0.2, 0.25) is 43.3 Å². The summed E-state index contributed by atoms with van der Waals surface area (Å²) in [5.74, 6) is -0.541. The van der Waals surface area contributed by atoms with Gasteiger partial charge in [0.05, 0.1) is 18.1 Å². The topological polar surface area (TPSA) is 96.4 Å². The van der Waals surface area contributed by atoms with Gasteiger partial charge in [-0.25, -0.2) is 4.79 Å². The minimum absolute atomic E-state index is 0.123. The third kappa shape index (κ3) is 11.7. The van der Waals surface area contributed by atoms with Gasteiger partial charge in [-0.05, 0) is 126 Å². The number of carbonyl (C=O) groups is 3. The van der Waals surface area contributed by atoms with Gasteiger partial charge in [0.2, 0.25) is 28.4 Å². The molecule has 8 nitrogen and oxygen atoms in total. The van der Waals surface area contributed by atoms with Crippen molar-refractivity contribution in [2.75, 3.05) is 13.1 Å². The van der Waals surface area contributed by atoms with E-state index in [2.05, 4.69) is 92.9 Å². The summed E-state index contributed by atoms with van der Waals surface area (Å²) in [6, 6.07) is 11.1. The first-order valence-electron chi connectivity index (χ1n) is 24.9. The number of hydrogen-bond acceptors (Lipinski definition) is 5. The van der Waals surface area contributed by atoms with Crippen molar-refractivity contribution in [3.8, 4) is 11.1 Å². The van der Waals surface area contributed by atoms with Gasteiger partial charge in [0.1, 0.15) is 0 Å². The molecular formula is C52H82Cl2N2O6Si2. The van der Waals surface area contributed by atoms with Crippen molar-refractivity contribution in [3.63, 3.8) is 0 Å². The molecule has 2 saturated heterocycles. The lowest BCUT2D eigenvalue weighted by Gasteiger charge is -2.46. The van der Waals surface area contributed by atoms with Crippen LogP contribution in [0.3, 0.4) is 0 Å². The number of nitrogens with zero attached hydrogens (tertiary/aromatic N) is 2. The molecular weight excluding hydrogens is 876 g/mol. The predicted molar refractivity (Wildman–Crippen MR) is 270 cm³/mol. The summed E-state index contributed by atoms with van der Waals surface area (Å²) in [7, 11) is -3.79. The lowest BCUT2D eigenvalue weighted by atomic mass is 9.92. The molecule has 2 aliphatic carbocycles. The average Bonchev–Trinajstić information content (AvgIpc) is 3.80. The Morgan fingerprint density at radius 1 is 0.641 bits per heavy atom. The van der Waals surface area contributed by atoms with Gasteiger partial charge in [-0.3, -0.25) is 9.59 Å². The predicted octanol–water partition coefficient (Wildman–Crippen LogP) is 14.4. The summed E-state index contributed by atoms with van der Waals surface area (Å²) < 4.78 is 13.9. The number of amides is 2. The molecule has 6 rings (SSSR count). The van der Waals surface area contributed by atoms with Gasteiger partial charge in [0, 0.05) is 47.2 Å². The van der Waals surface area contributed by atoms with Crippen molar-refractivity contribution in [2.24, 2.45) is 5.92 Å². The normalized spacial score (nSPS) is 22.8. The largest absolute Gasteiger partial charge is 0.478 e. The van der Waals surface area contributed by atoms with Gasteiger partial charge in [0.15, 0.2) is 0 Å². The van der Waals surface area contributed by atoms with Crippen LogP contribution >= 0.6 is 23.2 Å². The molecule has 12 heteroatoms. The fourth-order valence-electron chi connectivity index (χ4n) is 12.7. The Hall–Kier alpha value is -2.22. The average molecular weight is 958 g/mol. The first-order chi connectivity index (χ1) is 30.1. The second-order valence-electron chi connectivity index (χ2n) is 21.5. The van der Waals surface area contributed by atoms with Crippen LogP contribution in [0.1, 0.15) is 170 Å². The minimum Gasteiger partial charge on any atom is -0.478 e. The molecule has 1 unspecified atom stereocenters. The molecule has 2 amide bonds. The van der Waals surface area contributed by atoms with Crippen LogP contribution in [0.15, 0.2) is 36.4 Å². The number of benzene rings is 2. The molecule has 64 heavy (non-hydrogen) atoms. The monoisotopic (exact) mass is 957 g/mol. The Bertz CT molecular complexity index is 1810. The Balaban J connectivity index is 0.000000283. The summed E-state index contributed by atoms with van der Waals surface area (Å²) in [6.07, 6.45) is 12.7. The zero-order valence-corrected chi connectivity index (χ0v) is 44.9. The lowest BCUT2D eigenvalue weighted by molar-refractivity contribution is -0.134. The molecule has 2 aromatic rings. The fourth-order valence-corrected chi connectivity index (χ4v) is 24.5. The molecule has 2 saturated carbocycles. The molecule has 0 bridgehead atoms. The maximum absolute atomic E-state index is 13.6. The summed E-state index contributed by atoms with van der Waals surface area (Å²) in [4.78, 5) is 41.5. The Morgan fingerprint density at radius 3 is 1.58 bits per heavy atom. The summed E-state index contributed by atoms with van der Waals surface area (Å²) in [6.45, 7) is 29.6. The standard InChI is InChI=1S/C33H45Cl2NO4Si.C19H37NO2Si/c1-20(2)41(21(3)4,22(5)6)40-28-13-11-27(12-14-28)36-16-15-25(32(36)37)17-29-30(34)18-26(19-31(29)35)23-7-9-24(10-8-23)33(38)39;1-14(2)23(15(3)4,16(5)6)22-18-12-19(21)20(13-18)17-10-8-7-9-11-17/h7-10,18-22,25,27-28H,11-17H2,1-6H3,(H,38,39);14-18H,7-13H2,1-6H3/t25-,27?,28?;/m0./s1. The van der Waals surface area contributed by atoms with E-state index in [0.717, 1.165) is 61.9 Å². The second-order valence-corrected chi connectivity index (χ2v) is 33.1. The van der Waals surface area contributed by atoms with Crippen molar-refractivity contribution >= 4 is 57.6 Å². The van der Waals surface area contributed by atoms with Crippen LogP contribution in [0, 0.1) is 5.92 Å². The van der Waals surface area contributed by atoms with Gasteiger partial charge < -0.3 is 23.8 Å². The van der Waals surface area contributed by atoms with E-state index in [-0.39, 0.29) is 29.5 Å². The zero-order valence-electron chi connectivity index (χ0n) is 41.4. The van der Waals surface area contributed by atoms with Crippen molar-refractivity contribution in [1.29, 1.82) is 0 Å². The van der Waals surface area contributed by atoms with Gasteiger partial charge in [0.25, 0.3) is 0 Å². The first-order valence-corrected chi connectivity index (χ1v) is 29.9. The van der Waals surface area contributed by atoms with Gasteiger partial charge in [-0.1, -0.05) is 138 Å². The SMILES string of the molecule is CC(C)[Si](OC1CC(=O)N(C2CCCCC2)C1)(C(C)C)C(C)C.CC(C)[Si](OC1CCC(N2CC[C@@H](Cc3c(Cl)cc(-c4ccc(C(=O)O)cc4)cc3Cl)C2=O)CC1)(C(C)C)C(C)C. The summed E-state index contributed by atoms with van der Waals surface area (Å²) in [5.41, 5.74) is 6.16. The smallest absolute Gasteiger partial charge is 0.335 e.